The van der Waals surface area contributed by atoms with Gasteiger partial charge in [-0.05, 0) is 31.4 Å². The third-order valence-corrected chi connectivity index (χ3v) is 4.19. The minimum Gasteiger partial charge on any atom is -0.384 e. The topological polar surface area (TPSA) is 97.2 Å². The van der Waals surface area contributed by atoms with Crippen LogP contribution in [0.1, 0.15) is 39.3 Å². The maximum Gasteiger partial charge on any atom is 0.165 e. The Labute approximate surface area is 164 Å². The number of hydrogen-bond acceptors (Lipinski definition) is 5. The predicted molar refractivity (Wildman–Crippen MR) is 115 cm³/mol. The van der Waals surface area contributed by atoms with Crippen LogP contribution in [0.3, 0.4) is 0 Å². The summed E-state index contributed by atoms with van der Waals surface area (Å²) in [5.74, 6) is 0.532. The number of aliphatic imine (C=N–C) groups is 1. The molecule has 0 bridgehead atoms. The van der Waals surface area contributed by atoms with E-state index in [4.69, 9.17) is 10.7 Å². The number of nitrogens with zero attached hydrogens (tertiary/aromatic N) is 5. The number of nitrogens with one attached hydrogen (secondary N) is 1. The second kappa shape index (κ2) is 8.94. The van der Waals surface area contributed by atoms with Crippen LogP contribution in [0.2, 0.25) is 0 Å². The van der Waals surface area contributed by atoms with E-state index < -0.39 is 0 Å². The van der Waals surface area contributed by atoms with Crippen LogP contribution in [0.25, 0.3) is 22.9 Å². The Balaban J connectivity index is 0.00000109. The first kappa shape index (κ1) is 19.3. The zero-order chi connectivity index (χ0) is 19.9. The molecule has 0 saturated heterocycles. The Morgan fingerprint density at radius 3 is 2.75 bits per heavy atom. The van der Waals surface area contributed by atoms with Gasteiger partial charge in [-0.25, -0.2) is 4.98 Å². The Bertz CT molecular complexity index is 1050. The lowest BCUT2D eigenvalue weighted by atomic mass is 10.0. The first-order valence-corrected chi connectivity index (χ1v) is 9.47. The average Bonchev–Trinajstić information content (AvgIpc) is 3.39. The van der Waals surface area contributed by atoms with E-state index in [1.54, 1.807) is 16.9 Å². The zero-order valence-corrected chi connectivity index (χ0v) is 16.4. The van der Waals surface area contributed by atoms with Crippen LogP contribution in [0.15, 0.2) is 59.1 Å². The van der Waals surface area contributed by atoms with Crippen LogP contribution in [0, 0.1) is 0 Å². The minimum atomic E-state index is 0.532. The van der Waals surface area contributed by atoms with Crippen LogP contribution in [0.4, 0.5) is 5.82 Å². The van der Waals surface area contributed by atoms with Crippen LogP contribution >= 0.6 is 0 Å². The molecule has 28 heavy (non-hydrogen) atoms. The number of aromatic amines is 1. The van der Waals surface area contributed by atoms with Crippen LogP contribution in [-0.2, 0) is 0 Å². The monoisotopic (exact) mass is 375 g/mol. The molecular formula is C21H25N7. The zero-order valence-electron chi connectivity index (χ0n) is 16.4. The molecule has 1 aliphatic rings. The van der Waals surface area contributed by atoms with Crippen LogP contribution in [-0.4, -0.2) is 31.0 Å². The third-order valence-electron chi connectivity index (χ3n) is 4.19. The second-order valence-electron chi connectivity index (χ2n) is 5.93. The highest BCUT2D eigenvalue weighted by molar-refractivity contribution is 5.78. The van der Waals surface area contributed by atoms with Crippen LogP contribution < -0.4 is 5.73 Å². The normalized spacial score (nSPS) is 14.2. The predicted octanol–water partition coefficient (Wildman–Crippen LogP) is 4.44. The Hall–Kier alpha value is -3.48. The van der Waals surface area contributed by atoms with Gasteiger partial charge in [0.05, 0.1) is 23.8 Å². The van der Waals surface area contributed by atoms with Gasteiger partial charge in [0.2, 0.25) is 0 Å². The standard InChI is InChI=1S/C19H19N7.C2H6/c1-2-21-17-6-4-3-5-13(17)7-8-15-9-18(20)26-19(25-15)16(12-24-26)14-10-22-23-11-14;1-2/h2,5-12H,3-4,20H2,1H3,(H,22,23);1-2H3/b8-7+,21-2?;. The van der Waals surface area contributed by atoms with Crippen molar-refractivity contribution in [3.05, 3.63) is 59.8 Å². The molecule has 0 spiro atoms. The van der Waals surface area contributed by atoms with E-state index in [-0.39, 0.29) is 0 Å². The number of anilines is 1. The van der Waals surface area contributed by atoms with Gasteiger partial charge in [0.1, 0.15) is 5.82 Å². The molecule has 0 radical (unpaired) electrons. The highest BCUT2D eigenvalue weighted by Crippen LogP contribution is 2.25. The number of nitrogen functional groups attached to an aromatic ring is 1. The fourth-order valence-electron chi connectivity index (χ4n) is 2.97. The molecule has 4 rings (SSSR count). The largest absolute Gasteiger partial charge is 0.384 e. The minimum absolute atomic E-state index is 0.532. The lowest BCUT2D eigenvalue weighted by Gasteiger charge is -2.08. The molecule has 0 aromatic carbocycles. The molecule has 7 nitrogen and oxygen atoms in total. The van der Waals surface area contributed by atoms with E-state index in [1.807, 2.05) is 51.4 Å². The smallest absolute Gasteiger partial charge is 0.165 e. The molecule has 3 aromatic heterocycles. The van der Waals surface area contributed by atoms with Gasteiger partial charge < -0.3 is 5.73 Å². The van der Waals surface area contributed by atoms with Gasteiger partial charge in [-0.15, -0.1) is 0 Å². The molecule has 0 aliphatic heterocycles. The summed E-state index contributed by atoms with van der Waals surface area (Å²) in [5.41, 5.74) is 11.5. The van der Waals surface area contributed by atoms with Gasteiger partial charge in [-0.3, -0.25) is 10.1 Å². The Morgan fingerprint density at radius 1 is 1.18 bits per heavy atom. The second-order valence-corrected chi connectivity index (χ2v) is 5.93. The van der Waals surface area contributed by atoms with E-state index in [0.717, 1.165) is 40.9 Å². The average molecular weight is 375 g/mol. The van der Waals surface area contributed by atoms with Crippen molar-refractivity contribution in [3.8, 4) is 11.1 Å². The summed E-state index contributed by atoms with van der Waals surface area (Å²) in [5, 5.41) is 11.1. The SMILES string of the molecule is CC.CC=NC1=CCCC=C1/C=C/c1cc(N)n2ncc(-c3cn[nH]c3)c2n1. The number of fused-ring (bicyclic) bond motifs is 1. The lowest BCUT2D eigenvalue weighted by Crippen LogP contribution is -2.01. The number of nitrogens with two attached hydrogens (primary N) is 1. The first-order chi connectivity index (χ1) is 13.8. The summed E-state index contributed by atoms with van der Waals surface area (Å²) in [7, 11) is 0. The van der Waals surface area contributed by atoms with Gasteiger partial charge in [-0.1, -0.05) is 32.1 Å². The molecule has 0 atom stereocenters. The molecule has 3 aromatic rings. The maximum atomic E-state index is 6.16. The summed E-state index contributed by atoms with van der Waals surface area (Å²) < 4.78 is 1.63. The molecule has 7 heteroatoms. The summed E-state index contributed by atoms with van der Waals surface area (Å²) in [6.07, 6.45) is 17.5. The number of rotatable bonds is 4. The summed E-state index contributed by atoms with van der Waals surface area (Å²) >= 11 is 0. The quantitative estimate of drug-likeness (QED) is 0.659. The molecular weight excluding hydrogens is 350 g/mol. The van der Waals surface area contributed by atoms with Crippen molar-refractivity contribution in [3.63, 3.8) is 0 Å². The highest BCUT2D eigenvalue weighted by atomic mass is 15.3. The Morgan fingerprint density at radius 2 is 2.00 bits per heavy atom. The molecule has 3 heterocycles. The van der Waals surface area contributed by atoms with Gasteiger partial charge in [0, 0.05) is 29.6 Å². The Kier molecular flexibility index (Phi) is 6.16. The highest BCUT2D eigenvalue weighted by Gasteiger charge is 2.12. The molecule has 1 aliphatic carbocycles. The number of H-pyrrole nitrogens is 1. The van der Waals surface area contributed by atoms with Crippen molar-refractivity contribution in [2.45, 2.75) is 33.6 Å². The molecule has 0 unspecified atom stereocenters. The van der Waals surface area contributed by atoms with E-state index >= 15 is 0 Å². The summed E-state index contributed by atoms with van der Waals surface area (Å²) in [6, 6.07) is 1.81. The van der Waals surface area contributed by atoms with E-state index in [2.05, 4.69) is 32.4 Å². The summed E-state index contributed by atoms with van der Waals surface area (Å²) in [4.78, 5) is 9.15. The van der Waals surface area contributed by atoms with Gasteiger partial charge in [0.15, 0.2) is 5.65 Å². The van der Waals surface area contributed by atoms with Crippen molar-refractivity contribution in [1.82, 2.24) is 24.8 Å². The van der Waals surface area contributed by atoms with Crippen molar-refractivity contribution < 1.29 is 0 Å². The first-order valence-electron chi connectivity index (χ1n) is 9.47. The van der Waals surface area contributed by atoms with E-state index in [9.17, 15) is 0 Å². The number of hydrogen-bond donors (Lipinski definition) is 2. The van der Waals surface area contributed by atoms with E-state index in [0.29, 0.717) is 11.5 Å². The van der Waals surface area contributed by atoms with Gasteiger partial charge >= 0.3 is 0 Å². The number of aromatic nitrogens is 5. The van der Waals surface area contributed by atoms with Crippen LogP contribution in [0.5, 0.6) is 0 Å². The number of allylic oxidation sites excluding steroid dienone is 3. The maximum absolute atomic E-state index is 6.16. The van der Waals surface area contributed by atoms with Gasteiger partial charge in [0.25, 0.3) is 0 Å². The fourth-order valence-corrected chi connectivity index (χ4v) is 2.97. The van der Waals surface area contributed by atoms with Crippen molar-refractivity contribution in [1.29, 1.82) is 0 Å². The lowest BCUT2D eigenvalue weighted by molar-refractivity contribution is 0.950. The molecule has 3 N–H and O–H groups in total. The molecule has 144 valence electrons. The molecule has 0 saturated carbocycles. The van der Waals surface area contributed by atoms with E-state index in [1.165, 1.54) is 0 Å². The van der Waals surface area contributed by atoms with Crippen molar-refractivity contribution >= 4 is 23.8 Å². The van der Waals surface area contributed by atoms with Crippen molar-refractivity contribution in [2.24, 2.45) is 4.99 Å². The molecule has 0 amide bonds. The molecule has 0 fully saturated rings. The van der Waals surface area contributed by atoms with Crippen molar-refractivity contribution in [2.75, 3.05) is 5.73 Å². The summed E-state index contributed by atoms with van der Waals surface area (Å²) in [6.45, 7) is 5.92. The van der Waals surface area contributed by atoms with Gasteiger partial charge in [-0.2, -0.15) is 14.7 Å². The third kappa shape index (κ3) is 3.93. The fraction of sp³-hybridized carbons (Fsp3) is 0.238.